The first-order valence-electron chi connectivity index (χ1n) is 4.52. The second kappa shape index (κ2) is 5.14. The van der Waals surface area contributed by atoms with Gasteiger partial charge in [0.2, 0.25) is 17.7 Å². The van der Waals surface area contributed by atoms with Gasteiger partial charge in [0.05, 0.1) is 7.11 Å². The summed E-state index contributed by atoms with van der Waals surface area (Å²) in [6, 6.07) is 1.25. The molecule has 15 heavy (non-hydrogen) atoms. The Morgan fingerprint density at radius 1 is 1.60 bits per heavy atom. The minimum atomic E-state index is -0.387. The lowest BCUT2D eigenvalue weighted by Gasteiger charge is -2.11. The van der Waals surface area contributed by atoms with Crippen LogP contribution < -0.4 is 15.4 Å². The molecule has 1 rings (SSSR count). The fourth-order valence-corrected chi connectivity index (χ4v) is 1.00. The van der Waals surface area contributed by atoms with E-state index in [0.717, 1.165) is 0 Å². The van der Waals surface area contributed by atoms with Crippen LogP contribution in [0.15, 0.2) is 12.3 Å². The van der Waals surface area contributed by atoms with Crippen molar-refractivity contribution >= 4 is 11.9 Å². The van der Waals surface area contributed by atoms with E-state index >= 15 is 0 Å². The third-order valence-electron chi connectivity index (χ3n) is 1.82. The summed E-state index contributed by atoms with van der Waals surface area (Å²) in [5.74, 6) is 0.698. The molecule has 2 N–H and O–H groups in total. The summed E-state index contributed by atoms with van der Waals surface area (Å²) in [5, 5.41) is 5.38. The standard InChI is InChI=1S/C9H14N4O2/c1-6(8(14)10-2)12-9-11-5-4-7(13-9)15-3/h4-6H,1-3H3,(H,10,14)(H,11,12,13). The van der Waals surface area contributed by atoms with Gasteiger partial charge in [0.15, 0.2) is 0 Å². The predicted octanol–water partition coefficient (Wildman–Crippen LogP) is 0.0316. The van der Waals surface area contributed by atoms with Gasteiger partial charge in [0.1, 0.15) is 6.04 Å². The first-order valence-corrected chi connectivity index (χ1v) is 4.52. The molecule has 0 radical (unpaired) electrons. The molecule has 0 saturated carbocycles. The lowest BCUT2D eigenvalue weighted by Crippen LogP contribution is -2.35. The van der Waals surface area contributed by atoms with Gasteiger partial charge in [0.25, 0.3) is 0 Å². The molecule has 0 spiro atoms. The van der Waals surface area contributed by atoms with Gasteiger partial charge >= 0.3 is 0 Å². The van der Waals surface area contributed by atoms with Gasteiger partial charge in [0, 0.05) is 19.3 Å². The Kier molecular flexibility index (Phi) is 3.84. The number of methoxy groups -OCH3 is 1. The molecule has 1 atom stereocenters. The van der Waals surface area contributed by atoms with Gasteiger partial charge < -0.3 is 15.4 Å². The van der Waals surface area contributed by atoms with E-state index in [9.17, 15) is 4.79 Å². The fraction of sp³-hybridized carbons (Fsp3) is 0.444. The molecule has 0 aromatic carbocycles. The van der Waals surface area contributed by atoms with E-state index in [-0.39, 0.29) is 11.9 Å². The molecule has 1 unspecified atom stereocenters. The van der Waals surface area contributed by atoms with E-state index in [1.165, 1.54) is 7.11 Å². The van der Waals surface area contributed by atoms with E-state index in [4.69, 9.17) is 4.74 Å². The number of nitrogens with one attached hydrogen (secondary N) is 2. The molecule has 0 aliphatic carbocycles. The van der Waals surface area contributed by atoms with Crippen LogP contribution in [0.2, 0.25) is 0 Å². The lowest BCUT2D eigenvalue weighted by atomic mass is 10.3. The Labute approximate surface area is 88.1 Å². The Balaban J connectivity index is 2.67. The number of aromatic nitrogens is 2. The molecule has 82 valence electrons. The van der Waals surface area contributed by atoms with Gasteiger partial charge in [-0.25, -0.2) is 4.98 Å². The maximum absolute atomic E-state index is 11.2. The van der Waals surface area contributed by atoms with Crippen molar-refractivity contribution in [3.63, 3.8) is 0 Å². The van der Waals surface area contributed by atoms with E-state index in [1.807, 2.05) is 0 Å². The Morgan fingerprint density at radius 3 is 2.93 bits per heavy atom. The topological polar surface area (TPSA) is 76.1 Å². The molecule has 6 heteroatoms. The Morgan fingerprint density at radius 2 is 2.33 bits per heavy atom. The summed E-state index contributed by atoms with van der Waals surface area (Å²) >= 11 is 0. The molecule has 1 amide bonds. The maximum atomic E-state index is 11.2. The van der Waals surface area contributed by atoms with Crippen molar-refractivity contribution in [2.45, 2.75) is 13.0 Å². The highest BCUT2D eigenvalue weighted by Gasteiger charge is 2.11. The molecule has 1 aromatic rings. The average molecular weight is 210 g/mol. The minimum Gasteiger partial charge on any atom is -0.481 e. The quantitative estimate of drug-likeness (QED) is 0.733. The van der Waals surface area contributed by atoms with Crippen molar-refractivity contribution in [1.82, 2.24) is 15.3 Å². The van der Waals surface area contributed by atoms with Crippen molar-refractivity contribution in [2.75, 3.05) is 19.5 Å². The van der Waals surface area contributed by atoms with Gasteiger partial charge in [-0.2, -0.15) is 4.98 Å². The first-order chi connectivity index (χ1) is 7.17. The molecule has 0 fully saturated rings. The predicted molar refractivity (Wildman–Crippen MR) is 55.7 cm³/mol. The van der Waals surface area contributed by atoms with E-state index in [2.05, 4.69) is 20.6 Å². The lowest BCUT2D eigenvalue weighted by molar-refractivity contribution is -0.121. The van der Waals surface area contributed by atoms with Crippen molar-refractivity contribution in [3.05, 3.63) is 12.3 Å². The van der Waals surface area contributed by atoms with E-state index < -0.39 is 0 Å². The Bertz CT molecular complexity index is 343. The number of nitrogens with zero attached hydrogens (tertiary/aromatic N) is 2. The number of ether oxygens (including phenoxy) is 1. The van der Waals surface area contributed by atoms with Crippen molar-refractivity contribution in [3.8, 4) is 5.88 Å². The van der Waals surface area contributed by atoms with Gasteiger partial charge in [-0.1, -0.05) is 0 Å². The zero-order valence-electron chi connectivity index (χ0n) is 8.94. The Hall–Kier alpha value is -1.85. The average Bonchev–Trinajstić information content (AvgIpc) is 2.28. The van der Waals surface area contributed by atoms with Crippen molar-refractivity contribution in [2.24, 2.45) is 0 Å². The number of likely N-dealkylation sites (N-methyl/N-ethyl adjacent to an activating group) is 1. The van der Waals surface area contributed by atoms with Crippen LogP contribution >= 0.6 is 0 Å². The summed E-state index contributed by atoms with van der Waals surface area (Å²) in [6.45, 7) is 1.72. The minimum absolute atomic E-state index is 0.124. The summed E-state index contributed by atoms with van der Waals surface area (Å²) < 4.78 is 4.93. The molecule has 0 saturated heterocycles. The molecule has 6 nitrogen and oxygen atoms in total. The largest absolute Gasteiger partial charge is 0.481 e. The second-order valence-electron chi connectivity index (χ2n) is 2.90. The number of hydrogen-bond acceptors (Lipinski definition) is 5. The summed E-state index contributed by atoms with van der Waals surface area (Å²) in [7, 11) is 3.10. The van der Waals surface area contributed by atoms with Crippen LogP contribution in [0.4, 0.5) is 5.95 Å². The normalized spacial score (nSPS) is 11.7. The van der Waals surface area contributed by atoms with Gasteiger partial charge in [-0.05, 0) is 6.92 Å². The van der Waals surface area contributed by atoms with Crippen LogP contribution in [0.3, 0.4) is 0 Å². The SMILES string of the molecule is CNC(=O)C(C)Nc1nccc(OC)n1. The monoisotopic (exact) mass is 210 g/mol. The van der Waals surface area contributed by atoms with Crippen molar-refractivity contribution in [1.29, 1.82) is 0 Å². The number of carbonyl (C=O) groups is 1. The highest BCUT2D eigenvalue weighted by atomic mass is 16.5. The number of amides is 1. The highest BCUT2D eigenvalue weighted by molar-refractivity contribution is 5.83. The van der Waals surface area contributed by atoms with Crippen LogP contribution in [0.1, 0.15) is 6.92 Å². The van der Waals surface area contributed by atoms with Crippen LogP contribution in [-0.4, -0.2) is 36.1 Å². The number of hydrogen-bond donors (Lipinski definition) is 2. The third kappa shape index (κ3) is 3.08. The van der Waals surface area contributed by atoms with Crippen LogP contribution in [0.25, 0.3) is 0 Å². The summed E-state index contributed by atoms with van der Waals surface area (Å²) in [4.78, 5) is 19.2. The van der Waals surface area contributed by atoms with Crippen molar-refractivity contribution < 1.29 is 9.53 Å². The fourth-order valence-electron chi connectivity index (χ4n) is 1.00. The maximum Gasteiger partial charge on any atom is 0.242 e. The van der Waals surface area contributed by atoms with Crippen LogP contribution in [-0.2, 0) is 4.79 Å². The van der Waals surface area contributed by atoms with E-state index in [1.54, 1.807) is 26.2 Å². The second-order valence-corrected chi connectivity index (χ2v) is 2.90. The highest BCUT2D eigenvalue weighted by Crippen LogP contribution is 2.07. The smallest absolute Gasteiger partial charge is 0.242 e. The zero-order chi connectivity index (χ0) is 11.3. The molecule has 0 aliphatic heterocycles. The number of anilines is 1. The van der Waals surface area contributed by atoms with Gasteiger partial charge in [-0.3, -0.25) is 4.79 Å². The van der Waals surface area contributed by atoms with Crippen LogP contribution in [0.5, 0.6) is 5.88 Å². The molecule has 0 bridgehead atoms. The zero-order valence-corrected chi connectivity index (χ0v) is 8.94. The molecule has 1 heterocycles. The number of carbonyl (C=O) groups excluding carboxylic acids is 1. The van der Waals surface area contributed by atoms with E-state index in [0.29, 0.717) is 11.8 Å². The molecular formula is C9H14N4O2. The third-order valence-corrected chi connectivity index (χ3v) is 1.82. The molecular weight excluding hydrogens is 196 g/mol. The summed E-state index contributed by atoms with van der Waals surface area (Å²) in [5.41, 5.74) is 0. The van der Waals surface area contributed by atoms with Gasteiger partial charge in [-0.15, -0.1) is 0 Å². The first kappa shape index (κ1) is 11.2. The summed E-state index contributed by atoms with van der Waals surface area (Å²) in [6.07, 6.45) is 1.56. The molecule has 1 aromatic heterocycles. The number of rotatable bonds is 4. The van der Waals surface area contributed by atoms with Crippen LogP contribution in [0, 0.1) is 0 Å². The molecule has 0 aliphatic rings.